The maximum atomic E-state index is 11.6. The first-order chi connectivity index (χ1) is 6.76. The molecule has 0 N–H and O–H groups in total. The Labute approximate surface area is 90.8 Å². The maximum Gasteiger partial charge on any atom is 0.410 e. The molecule has 4 heteroatoms. The monoisotopic (exact) mass is 210 g/mol. The summed E-state index contributed by atoms with van der Waals surface area (Å²) < 4.78 is 5.22. The topological polar surface area (TPSA) is 53.3 Å². The molecule has 0 radical (unpaired) electrons. The minimum absolute atomic E-state index is 0.0361. The van der Waals surface area contributed by atoms with E-state index in [1.165, 1.54) is 0 Å². The lowest BCUT2D eigenvalue weighted by atomic mass is 9.80. The summed E-state index contributed by atoms with van der Waals surface area (Å²) in [5.74, 6) is 0. The van der Waals surface area contributed by atoms with Gasteiger partial charge in [-0.2, -0.15) is 5.26 Å². The lowest BCUT2D eigenvalue weighted by Gasteiger charge is -2.46. The number of rotatable bonds is 1. The zero-order valence-electron chi connectivity index (χ0n) is 9.83. The Kier molecular flexibility index (Phi) is 2.94. The molecule has 1 heterocycles. The van der Waals surface area contributed by atoms with Gasteiger partial charge in [0.05, 0.1) is 6.07 Å². The predicted molar refractivity (Wildman–Crippen MR) is 56.1 cm³/mol. The molecule has 0 aromatic heterocycles. The first-order valence-electron chi connectivity index (χ1n) is 5.11. The second-order valence-electron chi connectivity index (χ2n) is 5.48. The van der Waals surface area contributed by atoms with Crippen LogP contribution in [0.1, 0.15) is 34.1 Å². The van der Waals surface area contributed by atoms with Crippen LogP contribution in [0.2, 0.25) is 0 Å². The molecule has 1 saturated heterocycles. The Morgan fingerprint density at radius 3 is 2.47 bits per heavy atom. The zero-order chi connectivity index (χ0) is 11.7. The zero-order valence-corrected chi connectivity index (χ0v) is 9.83. The molecule has 0 atom stereocenters. The Morgan fingerprint density at radius 1 is 1.53 bits per heavy atom. The van der Waals surface area contributed by atoms with Crippen molar-refractivity contribution < 1.29 is 9.53 Å². The summed E-state index contributed by atoms with van der Waals surface area (Å²) in [7, 11) is 0. The second-order valence-corrected chi connectivity index (χ2v) is 5.48. The molecule has 4 nitrogen and oxygen atoms in total. The van der Waals surface area contributed by atoms with Crippen LogP contribution in [0.25, 0.3) is 0 Å². The van der Waals surface area contributed by atoms with Crippen molar-refractivity contribution in [1.82, 2.24) is 4.90 Å². The Bertz CT molecular complexity index is 293. The number of nitriles is 1. The van der Waals surface area contributed by atoms with E-state index in [2.05, 4.69) is 6.07 Å². The maximum absolute atomic E-state index is 11.6. The average Bonchev–Trinajstić information content (AvgIpc) is 1.96. The molecule has 0 spiro atoms. The lowest BCUT2D eigenvalue weighted by Crippen LogP contribution is -2.57. The number of likely N-dealkylation sites (tertiary alicyclic amines) is 1. The molecule has 0 aliphatic carbocycles. The van der Waals surface area contributed by atoms with Crippen molar-refractivity contribution in [3.8, 4) is 6.07 Å². The summed E-state index contributed by atoms with van der Waals surface area (Å²) in [6.45, 7) is 8.79. The van der Waals surface area contributed by atoms with Crippen molar-refractivity contribution in [1.29, 1.82) is 5.26 Å². The molecule has 1 aliphatic rings. The molecule has 1 aliphatic heterocycles. The fourth-order valence-electron chi connectivity index (χ4n) is 1.63. The van der Waals surface area contributed by atoms with Crippen LogP contribution in [0, 0.1) is 16.7 Å². The number of carbonyl (C=O) groups excluding carboxylic acids is 1. The Balaban J connectivity index is 2.40. The van der Waals surface area contributed by atoms with Gasteiger partial charge in [0.25, 0.3) is 0 Å². The van der Waals surface area contributed by atoms with Gasteiger partial charge in [-0.3, -0.25) is 0 Å². The number of hydrogen-bond acceptors (Lipinski definition) is 3. The molecule has 1 fully saturated rings. The van der Waals surface area contributed by atoms with Crippen LogP contribution in [0.3, 0.4) is 0 Å². The molecule has 84 valence electrons. The Hall–Kier alpha value is -1.24. The van der Waals surface area contributed by atoms with Gasteiger partial charge in [-0.1, -0.05) is 6.92 Å². The van der Waals surface area contributed by atoms with E-state index in [0.29, 0.717) is 19.5 Å². The largest absolute Gasteiger partial charge is 0.444 e. The molecule has 1 rings (SSSR count). The van der Waals surface area contributed by atoms with Crippen LogP contribution >= 0.6 is 0 Å². The van der Waals surface area contributed by atoms with E-state index in [1.807, 2.05) is 27.7 Å². The smallest absolute Gasteiger partial charge is 0.410 e. The molecule has 0 aromatic rings. The number of carbonyl (C=O) groups is 1. The molecule has 0 bridgehead atoms. The highest BCUT2D eigenvalue weighted by Gasteiger charge is 2.42. The van der Waals surface area contributed by atoms with Gasteiger partial charge < -0.3 is 9.64 Å². The van der Waals surface area contributed by atoms with Gasteiger partial charge in [0.1, 0.15) is 5.60 Å². The highest BCUT2D eigenvalue weighted by atomic mass is 16.6. The number of amides is 1. The Morgan fingerprint density at radius 2 is 2.07 bits per heavy atom. The fraction of sp³-hybridized carbons (Fsp3) is 0.818. The van der Waals surface area contributed by atoms with Crippen molar-refractivity contribution in [2.24, 2.45) is 5.41 Å². The summed E-state index contributed by atoms with van der Waals surface area (Å²) in [5.41, 5.74) is -0.482. The predicted octanol–water partition coefficient (Wildman–Crippen LogP) is 2.16. The second kappa shape index (κ2) is 3.73. The van der Waals surface area contributed by atoms with Crippen LogP contribution in [-0.2, 0) is 4.74 Å². The molecule has 1 amide bonds. The van der Waals surface area contributed by atoms with Crippen molar-refractivity contribution in [2.75, 3.05) is 13.1 Å². The van der Waals surface area contributed by atoms with Crippen LogP contribution in [-0.4, -0.2) is 29.7 Å². The van der Waals surface area contributed by atoms with E-state index in [4.69, 9.17) is 10.00 Å². The number of ether oxygens (including phenoxy) is 1. The summed E-state index contributed by atoms with van der Waals surface area (Å²) in [6, 6.07) is 2.14. The van der Waals surface area contributed by atoms with Crippen molar-refractivity contribution in [2.45, 2.75) is 39.7 Å². The minimum Gasteiger partial charge on any atom is -0.444 e. The summed E-state index contributed by atoms with van der Waals surface area (Å²) >= 11 is 0. The van der Waals surface area contributed by atoms with Gasteiger partial charge in [0.2, 0.25) is 0 Å². The third-order valence-corrected chi connectivity index (χ3v) is 2.30. The van der Waals surface area contributed by atoms with E-state index in [1.54, 1.807) is 4.90 Å². The van der Waals surface area contributed by atoms with E-state index in [0.717, 1.165) is 0 Å². The van der Waals surface area contributed by atoms with Gasteiger partial charge in [0, 0.05) is 24.9 Å². The van der Waals surface area contributed by atoms with Crippen molar-refractivity contribution >= 4 is 6.09 Å². The van der Waals surface area contributed by atoms with E-state index < -0.39 is 5.60 Å². The molecule has 0 saturated carbocycles. The first kappa shape index (κ1) is 11.8. The van der Waals surface area contributed by atoms with Gasteiger partial charge >= 0.3 is 6.09 Å². The highest BCUT2D eigenvalue weighted by molar-refractivity contribution is 5.69. The molecule has 0 aromatic carbocycles. The highest BCUT2D eigenvalue weighted by Crippen LogP contribution is 2.33. The molecule has 15 heavy (non-hydrogen) atoms. The fourth-order valence-corrected chi connectivity index (χ4v) is 1.63. The summed E-state index contributed by atoms with van der Waals surface area (Å²) in [6.07, 6.45) is 0.213. The van der Waals surface area contributed by atoms with Crippen LogP contribution in [0.5, 0.6) is 0 Å². The molecule has 0 unspecified atom stereocenters. The SMILES string of the molecule is CC1(CC#N)CN(C(=O)OC(C)(C)C)C1. The van der Waals surface area contributed by atoms with Crippen LogP contribution < -0.4 is 0 Å². The van der Waals surface area contributed by atoms with Crippen LogP contribution in [0.15, 0.2) is 0 Å². The molecular formula is C11H18N2O2. The van der Waals surface area contributed by atoms with E-state index in [9.17, 15) is 4.79 Å². The number of hydrogen-bond donors (Lipinski definition) is 0. The minimum atomic E-state index is -0.446. The normalized spacial score (nSPS) is 19.0. The van der Waals surface area contributed by atoms with E-state index >= 15 is 0 Å². The third-order valence-electron chi connectivity index (χ3n) is 2.30. The van der Waals surface area contributed by atoms with Gasteiger partial charge in [-0.25, -0.2) is 4.79 Å². The molecular weight excluding hydrogens is 192 g/mol. The first-order valence-corrected chi connectivity index (χ1v) is 5.11. The standard InChI is InChI=1S/C11H18N2O2/c1-10(2,3)15-9(14)13-7-11(4,8-13)5-6-12/h5,7-8H2,1-4H3. The quantitative estimate of drug-likeness (QED) is 0.666. The van der Waals surface area contributed by atoms with Gasteiger partial charge in [-0.15, -0.1) is 0 Å². The van der Waals surface area contributed by atoms with E-state index in [-0.39, 0.29) is 11.5 Å². The van der Waals surface area contributed by atoms with Crippen molar-refractivity contribution in [3.05, 3.63) is 0 Å². The third kappa shape index (κ3) is 3.12. The summed E-state index contributed by atoms with van der Waals surface area (Å²) in [5, 5.41) is 8.59. The van der Waals surface area contributed by atoms with Crippen LogP contribution in [0.4, 0.5) is 4.79 Å². The van der Waals surface area contributed by atoms with Crippen molar-refractivity contribution in [3.63, 3.8) is 0 Å². The van der Waals surface area contributed by atoms with Gasteiger partial charge in [0.15, 0.2) is 0 Å². The number of nitrogens with zero attached hydrogens (tertiary/aromatic N) is 2. The van der Waals surface area contributed by atoms with Gasteiger partial charge in [-0.05, 0) is 20.8 Å². The summed E-state index contributed by atoms with van der Waals surface area (Å²) in [4.78, 5) is 13.2. The lowest BCUT2D eigenvalue weighted by molar-refractivity contribution is -0.0262. The average molecular weight is 210 g/mol.